The maximum absolute atomic E-state index is 13.2. The number of hydrogen-bond acceptors (Lipinski definition) is 10. The Morgan fingerprint density at radius 3 is 2.70 bits per heavy atom. The summed E-state index contributed by atoms with van der Waals surface area (Å²) >= 11 is 0. The van der Waals surface area contributed by atoms with Gasteiger partial charge < -0.3 is 30.3 Å². The Bertz CT molecular complexity index is 1550. The van der Waals surface area contributed by atoms with Crippen LogP contribution >= 0.6 is 0 Å². The van der Waals surface area contributed by atoms with Crippen LogP contribution < -0.4 is 15.4 Å². The summed E-state index contributed by atoms with van der Waals surface area (Å²) in [5.41, 5.74) is 0.376. The number of ether oxygens (including phenoxy) is 2. The zero-order valence-electron chi connectivity index (χ0n) is 21.1. The van der Waals surface area contributed by atoms with Crippen molar-refractivity contribution >= 4 is 22.9 Å². The summed E-state index contributed by atoms with van der Waals surface area (Å²) in [5, 5.41) is 26.5. The van der Waals surface area contributed by atoms with Crippen LogP contribution in [-0.2, 0) is 22.3 Å². The number of alkyl halides is 3. The first-order valence-electron chi connectivity index (χ1n) is 12.0. The average molecular weight is 560 g/mol. The summed E-state index contributed by atoms with van der Waals surface area (Å²) < 4.78 is 51.9. The Hall–Kier alpha value is -4.34. The maximum atomic E-state index is 13.2. The number of fused-ring (bicyclic) bond motifs is 1. The largest absolute Gasteiger partial charge is 0.495 e. The zero-order chi connectivity index (χ0) is 28.6. The molecule has 4 heterocycles. The molecule has 1 fully saturated rings. The summed E-state index contributed by atoms with van der Waals surface area (Å²) in [6.45, 7) is -0.0291. The molecule has 1 amide bonds. The smallest absolute Gasteiger partial charge is 0.416 e. The number of amides is 1. The number of aromatic nitrogens is 5. The van der Waals surface area contributed by atoms with E-state index in [1.165, 1.54) is 49.6 Å². The number of pyridine rings is 1. The number of carbonyl (C=O) groups excluding carboxylic acids is 1. The van der Waals surface area contributed by atoms with E-state index in [1.807, 2.05) is 0 Å². The molecule has 4 atom stereocenters. The van der Waals surface area contributed by atoms with Gasteiger partial charge in [-0.05, 0) is 23.8 Å². The molecule has 0 spiro atoms. The molecule has 1 aromatic carbocycles. The molecule has 12 nitrogen and oxygen atoms in total. The highest BCUT2D eigenvalue weighted by molar-refractivity contribution is 5.85. The van der Waals surface area contributed by atoms with Crippen molar-refractivity contribution in [2.75, 3.05) is 19.5 Å². The molecule has 40 heavy (non-hydrogen) atoms. The van der Waals surface area contributed by atoms with Crippen LogP contribution in [0.5, 0.6) is 5.75 Å². The fourth-order valence-electron chi connectivity index (χ4n) is 4.30. The Balaban J connectivity index is 1.57. The van der Waals surface area contributed by atoms with Gasteiger partial charge in [0.2, 0.25) is 0 Å². The minimum atomic E-state index is -4.50. The fourth-order valence-corrected chi connectivity index (χ4v) is 4.30. The van der Waals surface area contributed by atoms with E-state index in [-0.39, 0.29) is 29.4 Å². The maximum Gasteiger partial charge on any atom is 0.416 e. The topological polar surface area (TPSA) is 157 Å². The second-order valence-corrected chi connectivity index (χ2v) is 8.93. The number of methoxy groups -OCH3 is 1. The molecule has 4 N–H and O–H groups in total. The first-order chi connectivity index (χ1) is 19.1. The van der Waals surface area contributed by atoms with Gasteiger partial charge in [0.25, 0.3) is 5.91 Å². The molecule has 0 unspecified atom stereocenters. The highest BCUT2D eigenvalue weighted by Gasteiger charge is 2.47. The van der Waals surface area contributed by atoms with Crippen LogP contribution in [-0.4, -0.2) is 73.1 Å². The predicted molar refractivity (Wildman–Crippen MR) is 134 cm³/mol. The van der Waals surface area contributed by atoms with Crippen molar-refractivity contribution < 1.29 is 37.7 Å². The molecule has 1 aliphatic heterocycles. The van der Waals surface area contributed by atoms with E-state index in [0.717, 1.165) is 12.1 Å². The van der Waals surface area contributed by atoms with E-state index in [9.17, 15) is 28.2 Å². The van der Waals surface area contributed by atoms with E-state index < -0.39 is 42.2 Å². The van der Waals surface area contributed by atoms with Crippen LogP contribution in [0.4, 0.5) is 19.0 Å². The number of imidazole rings is 1. The third-order valence-corrected chi connectivity index (χ3v) is 6.36. The van der Waals surface area contributed by atoms with E-state index in [2.05, 4.69) is 30.6 Å². The van der Waals surface area contributed by atoms with E-state index in [4.69, 9.17) is 9.47 Å². The number of likely N-dealkylation sites (N-methyl/N-ethyl adjacent to an activating group) is 1. The third kappa shape index (κ3) is 5.13. The quantitative estimate of drug-likeness (QED) is 0.264. The van der Waals surface area contributed by atoms with Crippen molar-refractivity contribution in [2.45, 2.75) is 37.3 Å². The van der Waals surface area contributed by atoms with E-state index in [0.29, 0.717) is 16.9 Å². The minimum Gasteiger partial charge on any atom is -0.495 e. The first-order valence-corrected chi connectivity index (χ1v) is 12.0. The summed E-state index contributed by atoms with van der Waals surface area (Å²) in [6, 6.07) is 6.49. The Kier molecular flexibility index (Phi) is 7.27. The molecule has 4 aromatic rings. The van der Waals surface area contributed by atoms with Crippen molar-refractivity contribution in [3.8, 4) is 17.1 Å². The van der Waals surface area contributed by atoms with Gasteiger partial charge in [-0.2, -0.15) is 13.2 Å². The van der Waals surface area contributed by atoms with Gasteiger partial charge in [0.15, 0.2) is 35.1 Å². The van der Waals surface area contributed by atoms with Crippen molar-refractivity contribution in [2.24, 2.45) is 0 Å². The van der Waals surface area contributed by atoms with Crippen molar-refractivity contribution in [3.63, 3.8) is 0 Å². The number of nitrogens with one attached hydrogen (secondary N) is 2. The molecular weight excluding hydrogens is 535 g/mol. The number of anilines is 1. The molecule has 1 aliphatic rings. The lowest BCUT2D eigenvalue weighted by Gasteiger charge is -2.17. The van der Waals surface area contributed by atoms with Gasteiger partial charge in [0.05, 0.1) is 25.2 Å². The van der Waals surface area contributed by atoms with Crippen LogP contribution in [0.15, 0.2) is 49.1 Å². The Morgan fingerprint density at radius 1 is 1.18 bits per heavy atom. The number of rotatable bonds is 7. The fraction of sp³-hybridized carbons (Fsp3) is 0.320. The van der Waals surface area contributed by atoms with Crippen LogP contribution in [0.1, 0.15) is 17.4 Å². The molecular formula is C25H24F3N7O5. The molecule has 5 rings (SSSR count). The normalized spacial score (nSPS) is 21.0. The van der Waals surface area contributed by atoms with Crippen molar-refractivity contribution in [1.29, 1.82) is 0 Å². The highest BCUT2D eigenvalue weighted by atomic mass is 19.4. The molecule has 210 valence electrons. The summed E-state index contributed by atoms with van der Waals surface area (Å²) in [7, 11) is 2.84. The minimum absolute atomic E-state index is 0.0291. The van der Waals surface area contributed by atoms with Crippen LogP contribution in [0, 0.1) is 0 Å². The van der Waals surface area contributed by atoms with Crippen LogP contribution in [0.3, 0.4) is 0 Å². The second-order valence-electron chi connectivity index (χ2n) is 8.93. The number of hydrogen-bond donors (Lipinski definition) is 4. The summed E-state index contributed by atoms with van der Waals surface area (Å²) in [4.78, 5) is 29.7. The summed E-state index contributed by atoms with van der Waals surface area (Å²) in [5.74, 6) is 0.136. The van der Waals surface area contributed by atoms with Crippen molar-refractivity contribution in [3.05, 3.63) is 60.2 Å². The number of carbonyl (C=O) groups is 1. The summed E-state index contributed by atoms with van der Waals surface area (Å²) in [6.07, 6.45) is -5.81. The van der Waals surface area contributed by atoms with Gasteiger partial charge in [-0.25, -0.2) is 15.0 Å². The zero-order valence-corrected chi connectivity index (χ0v) is 21.1. The van der Waals surface area contributed by atoms with Gasteiger partial charge in [-0.15, -0.1) is 0 Å². The van der Waals surface area contributed by atoms with E-state index >= 15 is 0 Å². The highest BCUT2D eigenvalue weighted by Crippen LogP contribution is 2.34. The molecule has 0 bridgehead atoms. The van der Waals surface area contributed by atoms with E-state index in [1.54, 1.807) is 6.07 Å². The number of benzene rings is 1. The SMILES string of the molecule is CNC(=O)[C@H]1O[C@@H](n2cnc3c(NCc4cccc(C(F)(F)F)c4)nc(-c4cncc(OC)c4)nc32)[C@H](O)[C@@H]1O. The molecule has 0 radical (unpaired) electrons. The lowest BCUT2D eigenvalue weighted by Crippen LogP contribution is -2.41. The van der Waals surface area contributed by atoms with Crippen LogP contribution in [0.2, 0.25) is 0 Å². The second kappa shape index (κ2) is 10.7. The van der Waals surface area contributed by atoms with Gasteiger partial charge in [-0.3, -0.25) is 14.3 Å². The van der Waals surface area contributed by atoms with Gasteiger partial charge in [0, 0.05) is 25.4 Å². The third-order valence-electron chi connectivity index (χ3n) is 6.36. The number of aliphatic hydroxyl groups is 2. The van der Waals surface area contributed by atoms with Crippen molar-refractivity contribution in [1.82, 2.24) is 29.8 Å². The lowest BCUT2D eigenvalue weighted by atomic mass is 10.1. The van der Waals surface area contributed by atoms with Gasteiger partial charge in [0.1, 0.15) is 18.0 Å². The Labute approximate surface area is 224 Å². The standard InChI is InChI=1S/C25H24F3N7O5/c1-29-23(38)19-17(36)18(37)24(40-19)35-11-32-16-21(31-8-12-4-3-5-14(6-12)25(26,27)28)33-20(34-22(16)35)13-7-15(39-2)10-30-9-13/h3-7,9-11,17-19,24,36-37H,8H2,1-2H3,(H,29,38)(H,31,33,34)/t17-,18+,19-,24+/m0/s1. The molecule has 0 saturated carbocycles. The lowest BCUT2D eigenvalue weighted by molar-refractivity contribution is -0.138. The monoisotopic (exact) mass is 559 g/mol. The Morgan fingerprint density at radius 2 is 1.98 bits per heavy atom. The van der Waals surface area contributed by atoms with Gasteiger partial charge >= 0.3 is 6.18 Å². The first kappa shape index (κ1) is 27.2. The van der Waals surface area contributed by atoms with Crippen LogP contribution in [0.25, 0.3) is 22.6 Å². The molecule has 3 aromatic heterocycles. The van der Waals surface area contributed by atoms with Gasteiger partial charge in [-0.1, -0.05) is 12.1 Å². The molecule has 15 heteroatoms. The molecule has 0 aliphatic carbocycles. The number of nitrogens with zero attached hydrogens (tertiary/aromatic N) is 5. The predicted octanol–water partition coefficient (Wildman–Crippen LogP) is 1.89. The molecule has 1 saturated heterocycles. The average Bonchev–Trinajstić information content (AvgIpc) is 3.51. The number of aliphatic hydroxyl groups excluding tert-OH is 2. The number of halogens is 3.